The molecule has 4 heteroatoms. The number of benzene rings is 1. The number of nitrogens with one attached hydrogen (secondary N) is 2. The molecule has 2 N–H and O–H groups in total. The number of hydrazine groups is 1. The molecular formula is C14H12FN3. The fourth-order valence-corrected chi connectivity index (χ4v) is 2.05. The van der Waals surface area contributed by atoms with Gasteiger partial charge in [-0.05, 0) is 47.5 Å². The van der Waals surface area contributed by atoms with E-state index >= 15 is 0 Å². The van der Waals surface area contributed by atoms with Crippen LogP contribution < -0.4 is 10.9 Å². The Balaban J connectivity index is 2.06. The van der Waals surface area contributed by atoms with Crippen LogP contribution in [0.15, 0.2) is 48.8 Å². The molecule has 0 saturated carbocycles. The van der Waals surface area contributed by atoms with Crippen molar-refractivity contribution in [1.29, 1.82) is 0 Å². The van der Waals surface area contributed by atoms with Crippen LogP contribution >= 0.6 is 0 Å². The highest BCUT2D eigenvalue weighted by Gasteiger charge is 2.16. The molecule has 0 bridgehead atoms. The quantitative estimate of drug-likeness (QED) is 0.846. The Morgan fingerprint density at radius 2 is 1.67 bits per heavy atom. The number of pyridine rings is 1. The Morgan fingerprint density at radius 1 is 0.944 bits per heavy atom. The first kappa shape index (κ1) is 10.9. The van der Waals surface area contributed by atoms with Crippen LogP contribution in [-0.4, -0.2) is 11.5 Å². The fraction of sp³-hybridized carbons (Fsp3) is 0.0714. The van der Waals surface area contributed by atoms with Crippen molar-refractivity contribution >= 4 is 11.3 Å². The van der Waals surface area contributed by atoms with Gasteiger partial charge in [0.15, 0.2) is 0 Å². The van der Waals surface area contributed by atoms with Crippen molar-refractivity contribution in [3.63, 3.8) is 0 Å². The number of halogens is 1. The van der Waals surface area contributed by atoms with E-state index in [2.05, 4.69) is 15.8 Å². The van der Waals surface area contributed by atoms with Crippen molar-refractivity contribution in [2.45, 2.75) is 0 Å². The second-order valence-electron chi connectivity index (χ2n) is 4.07. The smallest absolute Gasteiger partial charge is 0.123 e. The zero-order valence-electron chi connectivity index (χ0n) is 9.65. The molecule has 0 unspecified atom stereocenters. The highest BCUT2D eigenvalue weighted by molar-refractivity contribution is 5.92. The van der Waals surface area contributed by atoms with Gasteiger partial charge in [0.25, 0.3) is 0 Å². The summed E-state index contributed by atoms with van der Waals surface area (Å²) in [7, 11) is 0. The van der Waals surface area contributed by atoms with Crippen LogP contribution in [0.2, 0.25) is 0 Å². The van der Waals surface area contributed by atoms with Crippen molar-refractivity contribution in [3.05, 3.63) is 65.7 Å². The first-order chi connectivity index (χ1) is 8.84. The standard InChI is InChI=1S/C14H12FN3/c15-12-3-1-11(2-4-12)14-13(9-17-18-14)10-5-7-16-8-6-10/h1-8,17-18H,9H2. The summed E-state index contributed by atoms with van der Waals surface area (Å²) in [4.78, 5) is 4.01. The zero-order chi connectivity index (χ0) is 12.4. The van der Waals surface area contributed by atoms with E-state index in [-0.39, 0.29) is 5.82 Å². The van der Waals surface area contributed by atoms with Crippen molar-refractivity contribution in [3.8, 4) is 0 Å². The van der Waals surface area contributed by atoms with Gasteiger partial charge in [0.05, 0.1) is 5.70 Å². The van der Waals surface area contributed by atoms with Crippen LogP contribution in [0, 0.1) is 5.82 Å². The van der Waals surface area contributed by atoms with E-state index in [4.69, 9.17) is 0 Å². The molecule has 2 heterocycles. The minimum atomic E-state index is -0.226. The van der Waals surface area contributed by atoms with Crippen LogP contribution in [0.4, 0.5) is 4.39 Å². The summed E-state index contributed by atoms with van der Waals surface area (Å²) in [5, 5.41) is 0. The van der Waals surface area contributed by atoms with Gasteiger partial charge in [-0.3, -0.25) is 4.98 Å². The van der Waals surface area contributed by atoms with Crippen LogP contribution in [-0.2, 0) is 0 Å². The maximum absolute atomic E-state index is 12.9. The molecule has 3 nitrogen and oxygen atoms in total. The first-order valence-corrected chi connectivity index (χ1v) is 5.73. The SMILES string of the molecule is Fc1ccc(C2=C(c3ccncc3)CNN2)cc1. The molecular weight excluding hydrogens is 229 g/mol. The van der Waals surface area contributed by atoms with Gasteiger partial charge in [0, 0.05) is 24.5 Å². The van der Waals surface area contributed by atoms with Crippen molar-refractivity contribution in [2.24, 2.45) is 0 Å². The fourth-order valence-electron chi connectivity index (χ4n) is 2.05. The van der Waals surface area contributed by atoms with Gasteiger partial charge >= 0.3 is 0 Å². The predicted molar refractivity (Wildman–Crippen MR) is 68.6 cm³/mol. The average molecular weight is 241 g/mol. The van der Waals surface area contributed by atoms with Crippen LogP contribution in [0.5, 0.6) is 0 Å². The topological polar surface area (TPSA) is 37.0 Å². The summed E-state index contributed by atoms with van der Waals surface area (Å²) < 4.78 is 12.9. The lowest BCUT2D eigenvalue weighted by Crippen LogP contribution is -2.23. The highest BCUT2D eigenvalue weighted by Crippen LogP contribution is 2.26. The molecule has 0 saturated heterocycles. The Labute approximate surface area is 104 Å². The molecule has 0 fully saturated rings. The van der Waals surface area contributed by atoms with E-state index in [0.717, 1.165) is 28.9 Å². The van der Waals surface area contributed by atoms with E-state index in [0.29, 0.717) is 0 Å². The van der Waals surface area contributed by atoms with Crippen molar-refractivity contribution in [1.82, 2.24) is 15.8 Å². The third kappa shape index (κ3) is 1.98. The van der Waals surface area contributed by atoms with Gasteiger partial charge in [-0.25, -0.2) is 9.82 Å². The van der Waals surface area contributed by atoms with Gasteiger partial charge < -0.3 is 5.43 Å². The van der Waals surface area contributed by atoms with E-state index < -0.39 is 0 Å². The Kier molecular flexibility index (Phi) is 2.78. The molecule has 90 valence electrons. The molecule has 3 rings (SSSR count). The molecule has 0 spiro atoms. The predicted octanol–water partition coefficient (Wildman–Crippen LogP) is 2.20. The lowest BCUT2D eigenvalue weighted by atomic mass is 10.0. The van der Waals surface area contributed by atoms with E-state index in [9.17, 15) is 4.39 Å². The largest absolute Gasteiger partial charge is 0.320 e. The molecule has 0 aliphatic carbocycles. The summed E-state index contributed by atoms with van der Waals surface area (Å²) in [6.07, 6.45) is 3.53. The van der Waals surface area contributed by atoms with Gasteiger partial charge in [0.1, 0.15) is 5.82 Å². The summed E-state index contributed by atoms with van der Waals surface area (Å²) in [5.74, 6) is -0.226. The molecule has 1 aromatic carbocycles. The second kappa shape index (κ2) is 4.58. The average Bonchev–Trinajstić information content (AvgIpc) is 2.90. The second-order valence-corrected chi connectivity index (χ2v) is 4.07. The molecule has 18 heavy (non-hydrogen) atoms. The number of hydrogen-bond donors (Lipinski definition) is 2. The third-order valence-electron chi connectivity index (χ3n) is 2.94. The van der Waals surface area contributed by atoms with E-state index in [1.165, 1.54) is 12.1 Å². The third-order valence-corrected chi connectivity index (χ3v) is 2.94. The van der Waals surface area contributed by atoms with Crippen LogP contribution in [0.25, 0.3) is 11.3 Å². The number of rotatable bonds is 2. The maximum atomic E-state index is 12.9. The highest BCUT2D eigenvalue weighted by atomic mass is 19.1. The molecule has 2 aromatic rings. The van der Waals surface area contributed by atoms with E-state index in [1.54, 1.807) is 24.5 Å². The first-order valence-electron chi connectivity index (χ1n) is 5.73. The Bertz CT molecular complexity index is 576. The zero-order valence-corrected chi connectivity index (χ0v) is 9.65. The Hall–Kier alpha value is -2.20. The Morgan fingerprint density at radius 3 is 2.39 bits per heavy atom. The summed E-state index contributed by atoms with van der Waals surface area (Å²) in [6.45, 7) is 0.733. The number of hydrogen-bond acceptors (Lipinski definition) is 3. The molecule has 1 aliphatic heterocycles. The van der Waals surface area contributed by atoms with Crippen LogP contribution in [0.3, 0.4) is 0 Å². The van der Waals surface area contributed by atoms with Crippen molar-refractivity contribution < 1.29 is 4.39 Å². The number of nitrogens with zero attached hydrogens (tertiary/aromatic N) is 1. The molecule has 0 atom stereocenters. The number of aromatic nitrogens is 1. The molecule has 1 aromatic heterocycles. The maximum Gasteiger partial charge on any atom is 0.123 e. The van der Waals surface area contributed by atoms with Crippen molar-refractivity contribution in [2.75, 3.05) is 6.54 Å². The van der Waals surface area contributed by atoms with E-state index in [1.807, 2.05) is 12.1 Å². The normalized spacial score (nSPS) is 14.7. The molecule has 0 amide bonds. The van der Waals surface area contributed by atoms with Gasteiger partial charge in [-0.15, -0.1) is 0 Å². The van der Waals surface area contributed by atoms with Gasteiger partial charge in [-0.2, -0.15) is 0 Å². The minimum absolute atomic E-state index is 0.226. The minimum Gasteiger partial charge on any atom is -0.320 e. The molecule has 1 aliphatic rings. The summed E-state index contributed by atoms with van der Waals surface area (Å²) in [6, 6.07) is 10.4. The lowest BCUT2D eigenvalue weighted by Gasteiger charge is -2.07. The summed E-state index contributed by atoms with van der Waals surface area (Å²) >= 11 is 0. The lowest BCUT2D eigenvalue weighted by molar-refractivity contribution is 0.627. The van der Waals surface area contributed by atoms with Crippen LogP contribution in [0.1, 0.15) is 11.1 Å². The van der Waals surface area contributed by atoms with Gasteiger partial charge in [-0.1, -0.05) is 0 Å². The van der Waals surface area contributed by atoms with Gasteiger partial charge in [0.2, 0.25) is 0 Å². The monoisotopic (exact) mass is 241 g/mol. The molecule has 0 radical (unpaired) electrons. The summed E-state index contributed by atoms with van der Waals surface area (Å²) in [5.41, 5.74) is 10.4.